The van der Waals surface area contributed by atoms with E-state index in [0.717, 1.165) is 13.0 Å². The van der Waals surface area contributed by atoms with Crippen molar-refractivity contribution in [1.29, 1.82) is 0 Å². The summed E-state index contributed by atoms with van der Waals surface area (Å²) in [4.78, 5) is 11.2. The van der Waals surface area contributed by atoms with Crippen LogP contribution in [0.5, 0.6) is 5.75 Å². The summed E-state index contributed by atoms with van der Waals surface area (Å²) < 4.78 is 32.6. The summed E-state index contributed by atoms with van der Waals surface area (Å²) in [6.07, 6.45) is 1.01. The zero-order chi connectivity index (χ0) is 15.7. The van der Waals surface area contributed by atoms with E-state index in [4.69, 9.17) is 4.74 Å². The lowest BCUT2D eigenvalue weighted by molar-refractivity contribution is -0.121. The van der Waals surface area contributed by atoms with Crippen LogP contribution < -0.4 is 15.4 Å². The highest BCUT2D eigenvalue weighted by Crippen LogP contribution is 2.23. The number of ether oxygens (including phenoxy) is 1. The molecule has 21 heavy (non-hydrogen) atoms. The number of carbonyl (C=O) groups excluding carboxylic acids is 1. The van der Waals surface area contributed by atoms with Crippen LogP contribution in [0.4, 0.5) is 8.78 Å². The van der Waals surface area contributed by atoms with Crippen LogP contribution in [0.3, 0.4) is 0 Å². The Hall–Kier alpha value is -1.69. The minimum atomic E-state index is -0.751. The lowest BCUT2D eigenvalue weighted by Gasteiger charge is -2.10. The molecule has 6 heteroatoms. The van der Waals surface area contributed by atoms with E-state index in [9.17, 15) is 13.6 Å². The summed E-state index contributed by atoms with van der Waals surface area (Å²) in [5, 5.41) is 5.65. The minimum absolute atomic E-state index is 0.0620. The Morgan fingerprint density at radius 1 is 1.24 bits per heavy atom. The summed E-state index contributed by atoms with van der Waals surface area (Å²) >= 11 is 0. The summed E-state index contributed by atoms with van der Waals surface area (Å²) in [5.41, 5.74) is 0.523. The molecule has 0 fully saturated rings. The van der Waals surface area contributed by atoms with Crippen molar-refractivity contribution < 1.29 is 18.3 Å². The maximum absolute atomic E-state index is 13.8. The first kappa shape index (κ1) is 17.4. The summed E-state index contributed by atoms with van der Waals surface area (Å²) in [7, 11) is 0. The standard InChI is InChI=1S/C15H22F2N2O2/c1-3-6-18-10-11-8-12(16)15(13(17)9-11)21-7-5-14(20)19-4-2/h8-9,18H,3-7,10H2,1-2H3,(H,19,20). The van der Waals surface area contributed by atoms with Gasteiger partial charge in [0.2, 0.25) is 5.91 Å². The Morgan fingerprint density at radius 3 is 2.48 bits per heavy atom. The van der Waals surface area contributed by atoms with E-state index in [1.54, 1.807) is 6.92 Å². The molecule has 0 atom stereocenters. The Kier molecular flexibility index (Phi) is 7.68. The minimum Gasteiger partial charge on any atom is -0.487 e. The van der Waals surface area contributed by atoms with Crippen molar-refractivity contribution in [2.24, 2.45) is 0 Å². The zero-order valence-electron chi connectivity index (χ0n) is 12.5. The van der Waals surface area contributed by atoms with E-state index >= 15 is 0 Å². The molecule has 4 nitrogen and oxygen atoms in total. The molecule has 1 aromatic carbocycles. The van der Waals surface area contributed by atoms with Crippen molar-refractivity contribution in [2.75, 3.05) is 19.7 Å². The predicted octanol–water partition coefficient (Wildman–Crippen LogP) is 2.37. The van der Waals surface area contributed by atoms with E-state index in [-0.39, 0.29) is 18.9 Å². The third kappa shape index (κ3) is 6.08. The van der Waals surface area contributed by atoms with E-state index in [0.29, 0.717) is 18.7 Å². The van der Waals surface area contributed by atoms with Gasteiger partial charge >= 0.3 is 0 Å². The van der Waals surface area contributed by atoms with Gasteiger partial charge in [-0.1, -0.05) is 6.92 Å². The molecule has 0 saturated carbocycles. The maximum atomic E-state index is 13.8. The summed E-state index contributed by atoms with van der Waals surface area (Å²) in [6.45, 7) is 5.45. The second kappa shape index (κ2) is 9.28. The Morgan fingerprint density at radius 2 is 1.90 bits per heavy atom. The van der Waals surface area contributed by atoms with Crippen LogP contribution in [-0.2, 0) is 11.3 Å². The number of benzene rings is 1. The second-order valence-corrected chi connectivity index (χ2v) is 4.62. The molecule has 0 radical (unpaired) electrons. The van der Waals surface area contributed by atoms with Crippen LogP contribution in [-0.4, -0.2) is 25.6 Å². The molecule has 2 N–H and O–H groups in total. The number of carbonyl (C=O) groups is 1. The lowest BCUT2D eigenvalue weighted by Crippen LogP contribution is -2.24. The molecular formula is C15H22F2N2O2. The lowest BCUT2D eigenvalue weighted by atomic mass is 10.2. The first-order valence-electron chi connectivity index (χ1n) is 7.16. The van der Waals surface area contributed by atoms with Gasteiger partial charge in [-0.15, -0.1) is 0 Å². The van der Waals surface area contributed by atoms with Crippen LogP contribution in [0.2, 0.25) is 0 Å². The van der Waals surface area contributed by atoms with E-state index in [1.165, 1.54) is 12.1 Å². The molecule has 0 spiro atoms. The van der Waals surface area contributed by atoms with Crippen LogP contribution in [0.15, 0.2) is 12.1 Å². The molecule has 118 valence electrons. The van der Waals surface area contributed by atoms with Crippen molar-refractivity contribution in [2.45, 2.75) is 33.2 Å². The van der Waals surface area contributed by atoms with Gasteiger partial charge in [0.15, 0.2) is 17.4 Å². The molecule has 1 rings (SSSR count). The Bertz CT molecular complexity index is 444. The predicted molar refractivity (Wildman–Crippen MR) is 77.2 cm³/mol. The fourth-order valence-electron chi connectivity index (χ4n) is 1.79. The normalized spacial score (nSPS) is 10.5. The molecule has 0 aromatic heterocycles. The summed E-state index contributed by atoms with van der Waals surface area (Å²) in [6, 6.07) is 2.49. The second-order valence-electron chi connectivity index (χ2n) is 4.62. The third-order valence-corrected chi connectivity index (χ3v) is 2.76. The van der Waals surface area contributed by atoms with E-state index in [2.05, 4.69) is 10.6 Å². The first-order valence-corrected chi connectivity index (χ1v) is 7.16. The quantitative estimate of drug-likeness (QED) is 0.688. The van der Waals surface area contributed by atoms with Gasteiger partial charge in [0.1, 0.15) is 0 Å². The SMILES string of the molecule is CCCNCc1cc(F)c(OCCC(=O)NCC)c(F)c1. The van der Waals surface area contributed by atoms with E-state index < -0.39 is 17.4 Å². The number of halogens is 2. The van der Waals surface area contributed by atoms with Gasteiger partial charge in [0.25, 0.3) is 0 Å². The smallest absolute Gasteiger partial charge is 0.223 e. The number of nitrogens with one attached hydrogen (secondary N) is 2. The van der Waals surface area contributed by atoms with Crippen molar-refractivity contribution >= 4 is 5.91 Å². The highest BCUT2D eigenvalue weighted by molar-refractivity contribution is 5.75. The average Bonchev–Trinajstić information content (AvgIpc) is 2.42. The van der Waals surface area contributed by atoms with E-state index in [1.807, 2.05) is 6.92 Å². The Balaban J connectivity index is 2.56. The highest BCUT2D eigenvalue weighted by atomic mass is 19.1. The number of hydrogen-bond acceptors (Lipinski definition) is 3. The molecule has 0 unspecified atom stereocenters. The number of amides is 1. The molecule has 1 amide bonds. The molecule has 0 aliphatic heterocycles. The van der Waals surface area contributed by atoms with Gasteiger partial charge in [-0.25, -0.2) is 8.78 Å². The largest absolute Gasteiger partial charge is 0.487 e. The third-order valence-electron chi connectivity index (χ3n) is 2.76. The maximum Gasteiger partial charge on any atom is 0.223 e. The van der Waals surface area contributed by atoms with Gasteiger partial charge in [-0.3, -0.25) is 4.79 Å². The van der Waals surface area contributed by atoms with Crippen molar-refractivity contribution in [3.8, 4) is 5.75 Å². The van der Waals surface area contributed by atoms with Crippen molar-refractivity contribution in [3.63, 3.8) is 0 Å². The highest BCUT2D eigenvalue weighted by Gasteiger charge is 2.13. The van der Waals surface area contributed by atoms with Crippen molar-refractivity contribution in [1.82, 2.24) is 10.6 Å². The monoisotopic (exact) mass is 300 g/mol. The topological polar surface area (TPSA) is 50.4 Å². The van der Waals surface area contributed by atoms with Crippen molar-refractivity contribution in [3.05, 3.63) is 29.3 Å². The molecule has 0 heterocycles. The van der Waals surface area contributed by atoms with Gasteiger partial charge in [0.05, 0.1) is 13.0 Å². The molecular weight excluding hydrogens is 278 g/mol. The zero-order valence-corrected chi connectivity index (χ0v) is 12.5. The van der Waals surface area contributed by atoms with Crippen LogP contribution >= 0.6 is 0 Å². The first-order chi connectivity index (χ1) is 10.1. The van der Waals surface area contributed by atoms with Gasteiger partial charge in [0, 0.05) is 13.1 Å². The van der Waals surface area contributed by atoms with Gasteiger partial charge < -0.3 is 15.4 Å². The van der Waals surface area contributed by atoms with Crippen LogP contribution in [0.25, 0.3) is 0 Å². The van der Waals surface area contributed by atoms with Crippen LogP contribution in [0, 0.1) is 11.6 Å². The fraction of sp³-hybridized carbons (Fsp3) is 0.533. The molecule has 0 bridgehead atoms. The van der Waals surface area contributed by atoms with Crippen LogP contribution in [0.1, 0.15) is 32.3 Å². The Labute approximate surface area is 123 Å². The van der Waals surface area contributed by atoms with Gasteiger partial charge in [-0.05, 0) is 37.6 Å². The molecule has 0 aliphatic carbocycles. The number of rotatable bonds is 9. The van der Waals surface area contributed by atoms with Gasteiger partial charge in [-0.2, -0.15) is 0 Å². The summed E-state index contributed by atoms with van der Waals surface area (Å²) in [5.74, 6) is -2.14. The molecule has 0 saturated heterocycles. The molecule has 0 aliphatic rings. The average molecular weight is 300 g/mol. The fourth-order valence-corrected chi connectivity index (χ4v) is 1.79. The molecule has 1 aromatic rings. The number of hydrogen-bond donors (Lipinski definition) is 2.